The van der Waals surface area contributed by atoms with Crippen molar-refractivity contribution in [2.24, 2.45) is 0 Å². The molecule has 0 aromatic carbocycles. The van der Waals surface area contributed by atoms with Crippen molar-refractivity contribution in [2.45, 2.75) is 82.9 Å². The number of likely N-dealkylation sites (tertiary alicyclic amines) is 1. The van der Waals surface area contributed by atoms with Crippen molar-refractivity contribution in [1.29, 1.82) is 0 Å². The van der Waals surface area contributed by atoms with Crippen LogP contribution >= 0.6 is 0 Å². The van der Waals surface area contributed by atoms with Gasteiger partial charge in [-0.15, -0.1) is 0 Å². The first kappa shape index (κ1) is 17.7. The van der Waals surface area contributed by atoms with Gasteiger partial charge in [0.2, 0.25) is 0 Å². The molecule has 2 rings (SSSR count). The lowest BCUT2D eigenvalue weighted by molar-refractivity contribution is -0.185. The lowest BCUT2D eigenvalue weighted by Crippen LogP contribution is -2.68. The summed E-state index contributed by atoms with van der Waals surface area (Å²) >= 11 is 0. The van der Waals surface area contributed by atoms with E-state index in [1.807, 2.05) is 13.8 Å². The highest BCUT2D eigenvalue weighted by atomic mass is 16.6. The van der Waals surface area contributed by atoms with E-state index in [2.05, 4.69) is 37.9 Å². The van der Waals surface area contributed by atoms with Gasteiger partial charge in [0.25, 0.3) is 5.91 Å². The van der Waals surface area contributed by atoms with Crippen LogP contribution in [0.25, 0.3) is 0 Å². The summed E-state index contributed by atoms with van der Waals surface area (Å²) in [6.45, 7) is 12.1. The van der Waals surface area contributed by atoms with E-state index in [1.54, 1.807) is 0 Å². The second-order valence-electron chi connectivity index (χ2n) is 8.49. The smallest absolute Gasteiger partial charge is 0.254 e. The second kappa shape index (κ2) is 5.16. The number of carbonyl (C=O) groups is 1. The maximum absolute atomic E-state index is 12.6. The molecule has 3 N–H and O–H groups in total. The van der Waals surface area contributed by atoms with E-state index in [9.17, 15) is 9.90 Å². The predicted molar refractivity (Wildman–Crippen MR) is 83.2 cm³/mol. The first-order chi connectivity index (χ1) is 9.84. The minimum absolute atomic E-state index is 0.0546. The number of amides is 1. The zero-order chi connectivity index (χ0) is 17.0. The molecule has 1 atom stereocenters. The van der Waals surface area contributed by atoms with Gasteiger partial charge in [-0.3, -0.25) is 9.69 Å². The molecule has 0 radical (unpaired) electrons. The molecular weight excluding hydrogens is 284 g/mol. The Morgan fingerprint density at radius 3 is 2.05 bits per heavy atom. The molecule has 0 aromatic rings. The van der Waals surface area contributed by atoms with Crippen LogP contribution in [0.3, 0.4) is 0 Å². The van der Waals surface area contributed by atoms with Gasteiger partial charge < -0.3 is 20.3 Å². The molecule has 6 nitrogen and oxygen atoms in total. The molecule has 2 aliphatic heterocycles. The van der Waals surface area contributed by atoms with Gasteiger partial charge in [0.15, 0.2) is 5.60 Å². The van der Waals surface area contributed by atoms with E-state index < -0.39 is 17.4 Å². The van der Waals surface area contributed by atoms with Gasteiger partial charge in [-0.05, 0) is 41.5 Å². The van der Waals surface area contributed by atoms with Crippen LogP contribution in [0.2, 0.25) is 0 Å². The number of piperidine rings is 1. The van der Waals surface area contributed by atoms with E-state index in [-0.39, 0.29) is 23.6 Å². The monoisotopic (exact) mass is 314 g/mol. The highest BCUT2D eigenvalue weighted by molar-refractivity contribution is 5.88. The van der Waals surface area contributed by atoms with Gasteiger partial charge in [0.1, 0.15) is 5.72 Å². The topological polar surface area (TPSA) is 82.0 Å². The average Bonchev–Trinajstić information content (AvgIpc) is 2.51. The molecule has 0 bridgehead atoms. The number of ether oxygens (including phenoxy) is 1. The fourth-order valence-electron chi connectivity index (χ4n) is 4.41. The molecule has 1 unspecified atom stereocenters. The molecule has 128 valence electrons. The average molecular weight is 314 g/mol. The van der Waals surface area contributed by atoms with Crippen LogP contribution in [-0.4, -0.2) is 62.7 Å². The Balaban J connectivity index is 2.32. The zero-order valence-corrected chi connectivity index (χ0v) is 14.6. The molecule has 0 aliphatic carbocycles. The van der Waals surface area contributed by atoms with E-state index >= 15 is 0 Å². The summed E-state index contributed by atoms with van der Waals surface area (Å²) in [5.74, 6) is -0.0546. The second-order valence-corrected chi connectivity index (χ2v) is 8.49. The normalized spacial score (nSPS) is 30.3. The molecule has 0 aromatic heterocycles. The van der Waals surface area contributed by atoms with Crippen LogP contribution in [0.5, 0.6) is 0 Å². The Labute approximate surface area is 132 Å². The summed E-state index contributed by atoms with van der Waals surface area (Å²) in [4.78, 5) is 14.8. The molecule has 2 saturated heterocycles. The minimum Gasteiger partial charge on any atom is -0.394 e. The van der Waals surface area contributed by atoms with Crippen LogP contribution in [0, 0.1) is 0 Å². The number of aliphatic hydroxyl groups excluding tert-OH is 2. The summed E-state index contributed by atoms with van der Waals surface area (Å²) in [7, 11) is 0. The van der Waals surface area contributed by atoms with Crippen molar-refractivity contribution < 1.29 is 19.7 Å². The number of hydrogen-bond donors (Lipinski definition) is 3. The SMILES string of the molecule is CC1(C)NC(=O)C2(CC(C)(C)N(CC(O)CO)C(C)(C)C2)O1. The fraction of sp³-hybridized carbons (Fsp3) is 0.938. The van der Waals surface area contributed by atoms with Crippen LogP contribution in [-0.2, 0) is 9.53 Å². The Morgan fingerprint density at radius 1 is 1.18 bits per heavy atom. The van der Waals surface area contributed by atoms with Crippen molar-refractivity contribution >= 4 is 5.91 Å². The fourth-order valence-corrected chi connectivity index (χ4v) is 4.41. The summed E-state index contributed by atoms with van der Waals surface area (Å²) < 4.78 is 6.14. The molecular formula is C16H30N2O4. The van der Waals surface area contributed by atoms with Crippen LogP contribution in [0.4, 0.5) is 0 Å². The number of nitrogens with one attached hydrogen (secondary N) is 1. The highest BCUT2D eigenvalue weighted by Crippen LogP contribution is 2.48. The van der Waals surface area contributed by atoms with Gasteiger partial charge in [-0.1, -0.05) is 0 Å². The predicted octanol–water partition coefficient (Wildman–Crippen LogP) is 0.614. The van der Waals surface area contributed by atoms with Crippen LogP contribution in [0.1, 0.15) is 54.4 Å². The van der Waals surface area contributed by atoms with E-state index in [1.165, 1.54) is 0 Å². The van der Waals surface area contributed by atoms with Crippen LogP contribution < -0.4 is 5.32 Å². The summed E-state index contributed by atoms with van der Waals surface area (Å²) in [5.41, 5.74) is -2.17. The van der Waals surface area contributed by atoms with Crippen molar-refractivity contribution in [3.63, 3.8) is 0 Å². The van der Waals surface area contributed by atoms with Gasteiger partial charge in [0, 0.05) is 30.5 Å². The lowest BCUT2D eigenvalue weighted by Gasteiger charge is -2.58. The van der Waals surface area contributed by atoms with Gasteiger partial charge in [-0.2, -0.15) is 0 Å². The van der Waals surface area contributed by atoms with Crippen molar-refractivity contribution in [2.75, 3.05) is 13.2 Å². The summed E-state index contributed by atoms with van der Waals surface area (Å²) in [6.07, 6.45) is 0.315. The number of carbonyl (C=O) groups excluding carboxylic acids is 1. The minimum atomic E-state index is -0.836. The molecule has 1 amide bonds. The third kappa shape index (κ3) is 3.02. The van der Waals surface area contributed by atoms with Gasteiger partial charge in [0.05, 0.1) is 12.7 Å². The Bertz CT molecular complexity index is 441. The maximum Gasteiger partial charge on any atom is 0.254 e. The number of rotatable bonds is 3. The standard InChI is InChI=1S/C16H30N2O4/c1-13(2)9-16(12(21)17-15(5,6)22-16)10-14(3,4)18(13)7-11(20)8-19/h11,19-20H,7-10H2,1-6H3,(H,17,21). The van der Waals surface area contributed by atoms with Crippen molar-refractivity contribution in [3.05, 3.63) is 0 Å². The van der Waals surface area contributed by atoms with Crippen molar-refractivity contribution in [1.82, 2.24) is 10.2 Å². The third-order valence-electron chi connectivity index (χ3n) is 4.78. The zero-order valence-electron chi connectivity index (χ0n) is 14.6. The first-order valence-corrected chi connectivity index (χ1v) is 7.93. The lowest BCUT2D eigenvalue weighted by atomic mass is 9.70. The highest BCUT2D eigenvalue weighted by Gasteiger charge is 2.61. The first-order valence-electron chi connectivity index (χ1n) is 7.93. The molecule has 2 heterocycles. The Morgan fingerprint density at radius 2 is 1.68 bits per heavy atom. The van der Waals surface area contributed by atoms with E-state index in [0.717, 1.165) is 0 Å². The Hall–Kier alpha value is -0.690. The molecule has 2 fully saturated rings. The van der Waals surface area contributed by atoms with Crippen molar-refractivity contribution in [3.8, 4) is 0 Å². The Kier molecular flexibility index (Phi) is 4.14. The van der Waals surface area contributed by atoms with Crippen LogP contribution in [0.15, 0.2) is 0 Å². The summed E-state index contributed by atoms with van der Waals surface area (Å²) in [6, 6.07) is 0. The third-order valence-corrected chi connectivity index (χ3v) is 4.78. The molecule has 22 heavy (non-hydrogen) atoms. The number of aliphatic hydroxyl groups is 2. The van der Waals surface area contributed by atoms with E-state index in [0.29, 0.717) is 19.4 Å². The molecule has 6 heteroatoms. The molecule has 1 spiro atoms. The van der Waals surface area contributed by atoms with E-state index in [4.69, 9.17) is 9.84 Å². The summed E-state index contributed by atoms with van der Waals surface area (Å²) in [5, 5.41) is 21.9. The number of β-amino-alcohol motifs (C(OH)–C–C–N with tert-alkyl or cyclic N) is 1. The van der Waals surface area contributed by atoms with Gasteiger partial charge in [-0.25, -0.2) is 0 Å². The molecule has 0 saturated carbocycles. The quantitative estimate of drug-likeness (QED) is 0.711. The molecule has 2 aliphatic rings. The number of nitrogens with zero attached hydrogens (tertiary/aromatic N) is 1. The van der Waals surface area contributed by atoms with Gasteiger partial charge >= 0.3 is 0 Å². The number of hydrogen-bond acceptors (Lipinski definition) is 5. The maximum atomic E-state index is 12.6. The largest absolute Gasteiger partial charge is 0.394 e.